The molecule has 3 nitrogen and oxygen atoms in total. The minimum atomic E-state index is 0.662. The van der Waals surface area contributed by atoms with Crippen LogP contribution >= 0.6 is 0 Å². The van der Waals surface area contributed by atoms with E-state index >= 15 is 0 Å². The summed E-state index contributed by atoms with van der Waals surface area (Å²) in [6.45, 7) is 4.03. The molecule has 16 heavy (non-hydrogen) atoms. The van der Waals surface area contributed by atoms with Gasteiger partial charge in [-0.25, -0.2) is 4.98 Å². The third kappa shape index (κ3) is 2.04. The number of rotatable bonds is 4. The number of hydrogen-bond acceptors (Lipinski definition) is 3. The first kappa shape index (κ1) is 10.1. The van der Waals surface area contributed by atoms with Crippen LogP contribution in [0.1, 0.15) is 37.1 Å². The molecule has 86 valence electrons. The van der Waals surface area contributed by atoms with Crippen molar-refractivity contribution in [1.82, 2.24) is 9.97 Å². The topological polar surface area (TPSA) is 37.8 Å². The summed E-state index contributed by atoms with van der Waals surface area (Å²) in [4.78, 5) is 8.93. The SMILES string of the molecule is Cc1cnc(C)c(NC(C2CC2)C2CC2)n1. The van der Waals surface area contributed by atoms with Crippen LogP contribution < -0.4 is 5.32 Å². The number of hydrogen-bond donors (Lipinski definition) is 1. The summed E-state index contributed by atoms with van der Waals surface area (Å²) in [5.41, 5.74) is 2.02. The Kier molecular flexibility index (Phi) is 2.34. The third-order valence-corrected chi connectivity index (χ3v) is 3.64. The van der Waals surface area contributed by atoms with Gasteiger partial charge in [0.1, 0.15) is 5.82 Å². The van der Waals surface area contributed by atoms with E-state index in [0.717, 1.165) is 29.0 Å². The Bertz CT molecular complexity index is 382. The Balaban J connectivity index is 1.78. The minimum Gasteiger partial charge on any atom is -0.365 e. The van der Waals surface area contributed by atoms with Crippen molar-refractivity contribution in [3.05, 3.63) is 17.6 Å². The summed E-state index contributed by atoms with van der Waals surface area (Å²) in [5.74, 6) is 2.80. The zero-order valence-corrected chi connectivity index (χ0v) is 10.0. The van der Waals surface area contributed by atoms with Crippen molar-refractivity contribution in [2.24, 2.45) is 11.8 Å². The quantitative estimate of drug-likeness (QED) is 0.842. The van der Waals surface area contributed by atoms with E-state index in [0.29, 0.717) is 6.04 Å². The fraction of sp³-hybridized carbons (Fsp3) is 0.692. The number of aryl methyl sites for hydroxylation is 2. The van der Waals surface area contributed by atoms with E-state index in [1.165, 1.54) is 25.7 Å². The van der Waals surface area contributed by atoms with Crippen LogP contribution in [0.15, 0.2) is 6.20 Å². The Hall–Kier alpha value is -1.12. The second-order valence-corrected chi connectivity index (χ2v) is 5.29. The maximum Gasteiger partial charge on any atom is 0.147 e. The van der Waals surface area contributed by atoms with Crippen molar-refractivity contribution in [3.63, 3.8) is 0 Å². The van der Waals surface area contributed by atoms with Gasteiger partial charge in [-0.15, -0.1) is 0 Å². The van der Waals surface area contributed by atoms with Gasteiger partial charge < -0.3 is 5.32 Å². The van der Waals surface area contributed by atoms with Crippen LogP contribution in [0.3, 0.4) is 0 Å². The van der Waals surface area contributed by atoms with Gasteiger partial charge in [0.15, 0.2) is 0 Å². The Morgan fingerprint density at radius 1 is 1.19 bits per heavy atom. The molecule has 2 fully saturated rings. The average molecular weight is 217 g/mol. The lowest BCUT2D eigenvalue weighted by molar-refractivity contribution is 0.564. The molecule has 0 unspecified atom stereocenters. The summed E-state index contributed by atoms with van der Waals surface area (Å²) < 4.78 is 0. The predicted octanol–water partition coefficient (Wildman–Crippen LogP) is 2.69. The summed E-state index contributed by atoms with van der Waals surface area (Å²) >= 11 is 0. The van der Waals surface area contributed by atoms with Crippen LogP contribution in [-0.2, 0) is 0 Å². The molecule has 0 bridgehead atoms. The lowest BCUT2D eigenvalue weighted by Crippen LogP contribution is -2.25. The fourth-order valence-electron chi connectivity index (χ4n) is 2.36. The predicted molar refractivity (Wildman–Crippen MR) is 64.4 cm³/mol. The molecule has 0 aromatic carbocycles. The van der Waals surface area contributed by atoms with Crippen molar-refractivity contribution < 1.29 is 0 Å². The molecule has 1 aromatic heterocycles. The largest absolute Gasteiger partial charge is 0.365 e. The van der Waals surface area contributed by atoms with Gasteiger partial charge in [0.2, 0.25) is 0 Å². The molecule has 2 aliphatic rings. The van der Waals surface area contributed by atoms with E-state index in [1.54, 1.807) is 0 Å². The van der Waals surface area contributed by atoms with Gasteiger partial charge in [0, 0.05) is 12.2 Å². The Labute approximate surface area is 96.7 Å². The molecule has 2 aliphatic carbocycles. The van der Waals surface area contributed by atoms with E-state index in [-0.39, 0.29) is 0 Å². The number of nitrogens with zero attached hydrogens (tertiary/aromatic N) is 2. The maximum absolute atomic E-state index is 4.56. The maximum atomic E-state index is 4.56. The second kappa shape index (κ2) is 3.72. The van der Waals surface area contributed by atoms with Gasteiger partial charge in [0.25, 0.3) is 0 Å². The van der Waals surface area contributed by atoms with Crippen molar-refractivity contribution in [2.75, 3.05) is 5.32 Å². The lowest BCUT2D eigenvalue weighted by Gasteiger charge is -2.19. The van der Waals surface area contributed by atoms with Gasteiger partial charge in [0.05, 0.1) is 11.4 Å². The third-order valence-electron chi connectivity index (χ3n) is 3.64. The zero-order valence-electron chi connectivity index (χ0n) is 10.0. The molecule has 0 saturated heterocycles. The lowest BCUT2D eigenvalue weighted by atomic mass is 10.1. The first-order valence-corrected chi connectivity index (χ1v) is 6.31. The van der Waals surface area contributed by atoms with Crippen molar-refractivity contribution >= 4 is 5.82 Å². The van der Waals surface area contributed by atoms with Crippen LogP contribution in [0.5, 0.6) is 0 Å². The van der Waals surface area contributed by atoms with Gasteiger partial charge >= 0.3 is 0 Å². The zero-order chi connectivity index (χ0) is 11.1. The standard InChI is InChI=1S/C13H19N3/c1-8-7-14-9(2)13(15-8)16-12(10-3-4-10)11-5-6-11/h7,10-12H,3-6H2,1-2H3,(H,15,16). The number of anilines is 1. The molecule has 1 aromatic rings. The molecule has 1 heterocycles. The Morgan fingerprint density at radius 2 is 1.81 bits per heavy atom. The Morgan fingerprint density at radius 3 is 2.38 bits per heavy atom. The van der Waals surface area contributed by atoms with Crippen LogP contribution in [0.4, 0.5) is 5.82 Å². The van der Waals surface area contributed by atoms with E-state index < -0.39 is 0 Å². The van der Waals surface area contributed by atoms with Gasteiger partial charge in [-0.3, -0.25) is 4.98 Å². The van der Waals surface area contributed by atoms with Crippen LogP contribution in [0.25, 0.3) is 0 Å². The monoisotopic (exact) mass is 217 g/mol. The van der Waals surface area contributed by atoms with Crippen LogP contribution in [0, 0.1) is 25.7 Å². The minimum absolute atomic E-state index is 0.662. The van der Waals surface area contributed by atoms with Crippen LogP contribution in [0.2, 0.25) is 0 Å². The van der Waals surface area contributed by atoms with Gasteiger partial charge in [-0.1, -0.05) is 0 Å². The van der Waals surface area contributed by atoms with E-state index in [9.17, 15) is 0 Å². The molecule has 0 spiro atoms. The molecule has 0 amide bonds. The molecule has 0 atom stereocenters. The molecule has 0 aliphatic heterocycles. The summed E-state index contributed by atoms with van der Waals surface area (Å²) in [6, 6.07) is 0.662. The summed E-state index contributed by atoms with van der Waals surface area (Å²) in [7, 11) is 0. The average Bonchev–Trinajstić information content (AvgIpc) is 3.13. The number of nitrogens with one attached hydrogen (secondary N) is 1. The first-order chi connectivity index (χ1) is 7.74. The molecule has 3 heteroatoms. The van der Waals surface area contributed by atoms with Gasteiger partial charge in [-0.2, -0.15) is 0 Å². The highest BCUT2D eigenvalue weighted by molar-refractivity contribution is 5.41. The first-order valence-electron chi connectivity index (χ1n) is 6.31. The summed E-state index contributed by atoms with van der Waals surface area (Å²) in [5, 5.41) is 3.64. The molecule has 0 radical (unpaired) electrons. The van der Waals surface area contributed by atoms with E-state index in [4.69, 9.17) is 0 Å². The number of aromatic nitrogens is 2. The van der Waals surface area contributed by atoms with Crippen molar-refractivity contribution in [2.45, 2.75) is 45.6 Å². The molecular formula is C13H19N3. The molecule has 2 saturated carbocycles. The highest BCUT2D eigenvalue weighted by atomic mass is 15.1. The van der Waals surface area contributed by atoms with Gasteiger partial charge in [-0.05, 0) is 51.4 Å². The molecular weight excluding hydrogens is 198 g/mol. The van der Waals surface area contributed by atoms with E-state index in [1.807, 2.05) is 20.0 Å². The smallest absolute Gasteiger partial charge is 0.147 e. The highest BCUT2D eigenvalue weighted by Gasteiger charge is 2.41. The highest BCUT2D eigenvalue weighted by Crippen LogP contribution is 2.45. The molecule has 1 N–H and O–H groups in total. The van der Waals surface area contributed by atoms with Crippen LogP contribution in [-0.4, -0.2) is 16.0 Å². The van der Waals surface area contributed by atoms with Crippen molar-refractivity contribution in [1.29, 1.82) is 0 Å². The summed E-state index contributed by atoms with van der Waals surface area (Å²) in [6.07, 6.45) is 7.42. The van der Waals surface area contributed by atoms with E-state index in [2.05, 4.69) is 15.3 Å². The second-order valence-electron chi connectivity index (χ2n) is 5.29. The molecule has 3 rings (SSSR count). The normalized spacial score (nSPS) is 20.2. The fourth-order valence-corrected chi connectivity index (χ4v) is 2.36. The van der Waals surface area contributed by atoms with Crippen molar-refractivity contribution in [3.8, 4) is 0 Å².